The van der Waals surface area contributed by atoms with Gasteiger partial charge in [0.2, 0.25) is 0 Å². The van der Waals surface area contributed by atoms with Gasteiger partial charge in [-0.3, -0.25) is 4.79 Å². The van der Waals surface area contributed by atoms with E-state index in [1.807, 2.05) is 6.07 Å². The lowest BCUT2D eigenvalue weighted by Crippen LogP contribution is -2.46. The molecule has 0 bridgehead atoms. The average Bonchev–Trinajstić information content (AvgIpc) is 2.35. The normalized spacial score (nSPS) is 23.8. The van der Waals surface area contributed by atoms with Crippen molar-refractivity contribution in [2.45, 2.75) is 51.6 Å². The molecule has 0 atom stereocenters. The van der Waals surface area contributed by atoms with Crippen LogP contribution in [0.4, 0.5) is 0 Å². The molecule has 2 nitrogen and oxygen atoms in total. The lowest BCUT2D eigenvalue weighted by Gasteiger charge is -2.45. The molecule has 1 heterocycles. The number of halogens is 1. The maximum Gasteiger partial charge on any atom is 0.170 e. The highest BCUT2D eigenvalue weighted by atomic mass is 35.5. The van der Waals surface area contributed by atoms with Crippen LogP contribution in [0.5, 0.6) is 5.75 Å². The Morgan fingerprint density at radius 3 is 2.53 bits per heavy atom. The highest BCUT2D eigenvalue weighted by Crippen LogP contribution is 2.47. The van der Waals surface area contributed by atoms with E-state index >= 15 is 0 Å². The van der Waals surface area contributed by atoms with E-state index in [4.69, 9.17) is 16.3 Å². The van der Waals surface area contributed by atoms with Crippen LogP contribution in [-0.4, -0.2) is 11.4 Å². The summed E-state index contributed by atoms with van der Waals surface area (Å²) in [6.07, 6.45) is 4.66. The SMILES string of the molecule is CC1(C)CCC2(CC1)CC(=O)c1cc(Cl)ccc1O2. The van der Waals surface area contributed by atoms with Gasteiger partial charge < -0.3 is 4.74 Å². The lowest BCUT2D eigenvalue weighted by molar-refractivity contribution is -0.0130. The number of ketones is 1. The summed E-state index contributed by atoms with van der Waals surface area (Å²) in [6.45, 7) is 4.58. The summed E-state index contributed by atoms with van der Waals surface area (Å²) in [5, 5.41) is 0.594. The fourth-order valence-corrected chi connectivity index (χ4v) is 3.30. The monoisotopic (exact) mass is 278 g/mol. The zero-order valence-corrected chi connectivity index (χ0v) is 12.2. The summed E-state index contributed by atoms with van der Waals surface area (Å²) < 4.78 is 6.20. The number of carbonyl (C=O) groups excluding carboxylic acids is 1. The van der Waals surface area contributed by atoms with E-state index in [-0.39, 0.29) is 11.4 Å². The van der Waals surface area contributed by atoms with Gasteiger partial charge in [-0.15, -0.1) is 0 Å². The zero-order chi connectivity index (χ0) is 13.7. The Bertz CT molecular complexity index is 524. The molecule has 1 saturated carbocycles. The molecule has 1 aromatic carbocycles. The second-order valence-electron chi connectivity index (χ2n) is 6.69. The smallest absolute Gasteiger partial charge is 0.170 e. The largest absolute Gasteiger partial charge is 0.486 e. The van der Waals surface area contributed by atoms with Crippen LogP contribution in [0.2, 0.25) is 5.02 Å². The lowest BCUT2D eigenvalue weighted by atomic mass is 9.68. The standard InChI is InChI=1S/C16H19ClO2/c1-15(2)5-7-16(8-6-15)10-13(18)12-9-11(17)3-4-14(12)19-16/h3-4,9H,5-8,10H2,1-2H3. The Morgan fingerprint density at radius 2 is 1.84 bits per heavy atom. The first kappa shape index (κ1) is 13.0. The van der Waals surface area contributed by atoms with Crippen molar-refractivity contribution >= 4 is 17.4 Å². The molecule has 19 heavy (non-hydrogen) atoms. The summed E-state index contributed by atoms with van der Waals surface area (Å²) in [7, 11) is 0. The van der Waals surface area contributed by atoms with Crippen LogP contribution >= 0.6 is 11.6 Å². The highest BCUT2D eigenvalue weighted by Gasteiger charge is 2.44. The maximum absolute atomic E-state index is 12.3. The van der Waals surface area contributed by atoms with E-state index in [1.54, 1.807) is 12.1 Å². The van der Waals surface area contributed by atoms with E-state index in [1.165, 1.54) is 0 Å². The first-order valence-electron chi connectivity index (χ1n) is 6.91. The summed E-state index contributed by atoms with van der Waals surface area (Å²) in [5.74, 6) is 0.879. The molecule has 3 rings (SSSR count). The van der Waals surface area contributed by atoms with E-state index < -0.39 is 0 Å². The van der Waals surface area contributed by atoms with E-state index in [2.05, 4.69) is 13.8 Å². The molecule has 3 heteroatoms. The fourth-order valence-electron chi connectivity index (χ4n) is 3.13. The Kier molecular flexibility index (Phi) is 2.90. The van der Waals surface area contributed by atoms with Gasteiger partial charge >= 0.3 is 0 Å². The third kappa shape index (κ3) is 2.38. The number of Topliss-reactive ketones (excluding diaryl/α,β-unsaturated/α-hetero) is 1. The average molecular weight is 279 g/mol. The van der Waals surface area contributed by atoms with Crippen LogP contribution in [-0.2, 0) is 0 Å². The van der Waals surface area contributed by atoms with E-state index in [0.29, 0.717) is 28.2 Å². The van der Waals surface area contributed by atoms with Gasteiger partial charge in [-0.1, -0.05) is 25.4 Å². The van der Waals surface area contributed by atoms with Crippen molar-refractivity contribution in [1.82, 2.24) is 0 Å². The van der Waals surface area contributed by atoms with Crippen molar-refractivity contribution < 1.29 is 9.53 Å². The predicted octanol–water partition coefficient (Wildman–Crippen LogP) is 4.64. The van der Waals surface area contributed by atoms with Crippen molar-refractivity contribution in [2.75, 3.05) is 0 Å². The summed E-state index contributed by atoms with van der Waals surface area (Å²) in [5.41, 5.74) is 0.744. The van der Waals surface area contributed by atoms with Crippen LogP contribution in [0.1, 0.15) is 56.3 Å². The molecule has 1 spiro atoms. The summed E-state index contributed by atoms with van der Waals surface area (Å²) >= 11 is 5.95. The molecule has 0 N–H and O–H groups in total. The van der Waals surface area contributed by atoms with Crippen molar-refractivity contribution in [3.05, 3.63) is 28.8 Å². The topological polar surface area (TPSA) is 26.3 Å². The maximum atomic E-state index is 12.3. The second-order valence-corrected chi connectivity index (χ2v) is 7.13. The molecule has 1 aliphatic carbocycles. The molecule has 2 aliphatic rings. The Hall–Kier alpha value is -1.02. The van der Waals surface area contributed by atoms with Crippen LogP contribution in [0.25, 0.3) is 0 Å². The second kappa shape index (κ2) is 4.24. The van der Waals surface area contributed by atoms with Crippen molar-refractivity contribution in [2.24, 2.45) is 5.41 Å². The molecular formula is C16H19ClO2. The van der Waals surface area contributed by atoms with E-state index in [0.717, 1.165) is 25.7 Å². The Balaban J connectivity index is 1.89. The fraction of sp³-hybridized carbons (Fsp3) is 0.562. The minimum absolute atomic E-state index is 0.170. The minimum Gasteiger partial charge on any atom is -0.486 e. The van der Waals surface area contributed by atoms with Crippen LogP contribution < -0.4 is 4.74 Å². The molecule has 1 aliphatic heterocycles. The van der Waals surface area contributed by atoms with Gasteiger partial charge in [0.25, 0.3) is 0 Å². The van der Waals surface area contributed by atoms with Crippen molar-refractivity contribution in [3.63, 3.8) is 0 Å². The number of ether oxygens (including phenoxy) is 1. The molecule has 1 aromatic rings. The van der Waals surface area contributed by atoms with Crippen molar-refractivity contribution in [3.8, 4) is 5.75 Å². The first-order valence-corrected chi connectivity index (χ1v) is 7.29. The third-order valence-electron chi connectivity index (χ3n) is 4.57. The first-order chi connectivity index (χ1) is 8.89. The van der Waals surface area contributed by atoms with Gasteiger partial charge in [0.15, 0.2) is 5.78 Å². The van der Waals surface area contributed by atoms with Gasteiger partial charge in [0, 0.05) is 5.02 Å². The number of rotatable bonds is 0. The quantitative estimate of drug-likeness (QED) is 0.691. The molecule has 1 fully saturated rings. The molecule has 102 valence electrons. The van der Waals surface area contributed by atoms with E-state index in [9.17, 15) is 4.79 Å². The van der Waals surface area contributed by atoms with Gasteiger partial charge in [0.05, 0.1) is 12.0 Å². The zero-order valence-electron chi connectivity index (χ0n) is 11.5. The number of benzene rings is 1. The molecule has 0 radical (unpaired) electrons. The molecular weight excluding hydrogens is 260 g/mol. The molecule has 0 unspecified atom stereocenters. The Labute approximate surface area is 119 Å². The van der Waals surface area contributed by atoms with Crippen LogP contribution in [0.15, 0.2) is 18.2 Å². The summed E-state index contributed by atoms with van der Waals surface area (Å²) in [4.78, 5) is 12.3. The molecule has 0 saturated heterocycles. The highest BCUT2D eigenvalue weighted by molar-refractivity contribution is 6.31. The van der Waals surface area contributed by atoms with Crippen LogP contribution in [0, 0.1) is 5.41 Å². The number of hydrogen-bond acceptors (Lipinski definition) is 2. The minimum atomic E-state index is -0.270. The van der Waals surface area contributed by atoms with Gasteiger partial charge in [-0.2, -0.15) is 0 Å². The van der Waals surface area contributed by atoms with Crippen LogP contribution in [0.3, 0.4) is 0 Å². The van der Waals surface area contributed by atoms with Crippen molar-refractivity contribution in [1.29, 1.82) is 0 Å². The predicted molar refractivity (Wildman–Crippen MR) is 76.0 cm³/mol. The summed E-state index contributed by atoms with van der Waals surface area (Å²) in [6, 6.07) is 5.34. The Morgan fingerprint density at radius 1 is 1.16 bits per heavy atom. The number of carbonyl (C=O) groups is 1. The van der Waals surface area contributed by atoms with Gasteiger partial charge in [0.1, 0.15) is 11.4 Å². The van der Waals surface area contributed by atoms with Gasteiger partial charge in [-0.25, -0.2) is 0 Å². The molecule has 0 amide bonds. The third-order valence-corrected chi connectivity index (χ3v) is 4.80. The van der Waals surface area contributed by atoms with Gasteiger partial charge in [-0.05, 0) is 49.3 Å². The number of hydrogen-bond donors (Lipinski definition) is 0. The molecule has 0 aromatic heterocycles. The number of fused-ring (bicyclic) bond motifs is 1.